The maximum Gasteiger partial charge on any atom is 0.234 e. The van der Waals surface area contributed by atoms with Crippen LogP contribution in [0.25, 0.3) is 0 Å². The number of ether oxygens (including phenoxy) is 1. The Morgan fingerprint density at radius 2 is 2.36 bits per heavy atom. The van der Waals surface area contributed by atoms with Gasteiger partial charge >= 0.3 is 0 Å². The molecule has 0 aromatic carbocycles. The van der Waals surface area contributed by atoms with Crippen molar-refractivity contribution in [2.24, 2.45) is 0 Å². The number of carbonyl (C=O) groups excluding carboxylic acids is 1. The average molecular weight is 200 g/mol. The van der Waals surface area contributed by atoms with Crippen LogP contribution >= 0.6 is 0 Å². The molecule has 1 heterocycles. The van der Waals surface area contributed by atoms with Crippen molar-refractivity contribution in [3.63, 3.8) is 0 Å². The van der Waals surface area contributed by atoms with Crippen molar-refractivity contribution >= 4 is 5.91 Å². The molecule has 1 amide bonds. The van der Waals surface area contributed by atoms with E-state index in [4.69, 9.17) is 4.74 Å². The summed E-state index contributed by atoms with van der Waals surface area (Å²) in [7, 11) is 0. The van der Waals surface area contributed by atoms with Gasteiger partial charge in [-0.3, -0.25) is 4.79 Å². The molecular weight excluding hydrogens is 180 g/mol. The Labute approximate surface area is 85.4 Å². The number of carbonyl (C=O) groups is 1. The van der Waals surface area contributed by atoms with Crippen molar-refractivity contribution in [3.8, 4) is 0 Å². The standard InChI is InChI=1S/C10H20N2O2/c1-2-11-8-10(13)12-7-9-5-3-4-6-14-9/h9,11H,2-8H2,1H3,(H,12,13). The predicted molar refractivity (Wildman–Crippen MR) is 55.1 cm³/mol. The second-order valence-electron chi connectivity index (χ2n) is 3.57. The molecule has 0 saturated carbocycles. The smallest absolute Gasteiger partial charge is 0.234 e. The van der Waals surface area contributed by atoms with Gasteiger partial charge < -0.3 is 15.4 Å². The first-order valence-corrected chi connectivity index (χ1v) is 5.42. The highest BCUT2D eigenvalue weighted by Crippen LogP contribution is 2.11. The lowest BCUT2D eigenvalue weighted by atomic mass is 10.1. The van der Waals surface area contributed by atoms with Crippen molar-refractivity contribution in [1.82, 2.24) is 10.6 Å². The lowest BCUT2D eigenvalue weighted by Crippen LogP contribution is -2.39. The highest BCUT2D eigenvalue weighted by Gasteiger charge is 2.14. The summed E-state index contributed by atoms with van der Waals surface area (Å²) in [6, 6.07) is 0. The van der Waals surface area contributed by atoms with Gasteiger partial charge in [-0.25, -0.2) is 0 Å². The number of likely N-dealkylation sites (N-methyl/N-ethyl adjacent to an activating group) is 1. The third-order valence-electron chi connectivity index (χ3n) is 2.34. The predicted octanol–water partition coefficient (Wildman–Crippen LogP) is 0.281. The van der Waals surface area contributed by atoms with E-state index in [1.165, 1.54) is 6.42 Å². The van der Waals surface area contributed by atoms with Gasteiger partial charge in [0.2, 0.25) is 5.91 Å². The fourth-order valence-corrected chi connectivity index (χ4v) is 1.50. The van der Waals surface area contributed by atoms with E-state index in [0.717, 1.165) is 26.0 Å². The number of rotatable bonds is 5. The average Bonchev–Trinajstić information content (AvgIpc) is 2.25. The fourth-order valence-electron chi connectivity index (χ4n) is 1.50. The van der Waals surface area contributed by atoms with Crippen molar-refractivity contribution in [3.05, 3.63) is 0 Å². The molecule has 4 heteroatoms. The van der Waals surface area contributed by atoms with Crippen LogP contribution in [0.15, 0.2) is 0 Å². The van der Waals surface area contributed by atoms with Crippen molar-refractivity contribution in [2.75, 3.05) is 26.2 Å². The van der Waals surface area contributed by atoms with Gasteiger partial charge in [-0.2, -0.15) is 0 Å². The number of hydrogen-bond donors (Lipinski definition) is 2. The molecule has 0 aromatic heterocycles. The quantitative estimate of drug-likeness (QED) is 0.670. The Kier molecular flexibility index (Phi) is 5.56. The molecule has 1 saturated heterocycles. The topological polar surface area (TPSA) is 50.4 Å². The summed E-state index contributed by atoms with van der Waals surface area (Å²) in [5.74, 6) is 0.0565. The molecule has 1 unspecified atom stereocenters. The maximum absolute atomic E-state index is 11.2. The summed E-state index contributed by atoms with van der Waals surface area (Å²) in [6.45, 7) is 4.71. The van der Waals surface area contributed by atoms with E-state index < -0.39 is 0 Å². The molecule has 1 atom stereocenters. The summed E-state index contributed by atoms with van der Waals surface area (Å²) in [5, 5.41) is 5.84. The first-order chi connectivity index (χ1) is 6.83. The van der Waals surface area contributed by atoms with Crippen LogP contribution in [0.1, 0.15) is 26.2 Å². The zero-order chi connectivity index (χ0) is 10.2. The molecule has 0 radical (unpaired) electrons. The van der Waals surface area contributed by atoms with Gasteiger partial charge in [-0.05, 0) is 25.8 Å². The molecule has 4 nitrogen and oxygen atoms in total. The SMILES string of the molecule is CCNCC(=O)NCC1CCCCO1. The number of nitrogens with one attached hydrogen (secondary N) is 2. The molecule has 2 N–H and O–H groups in total. The van der Waals surface area contributed by atoms with Crippen molar-refractivity contribution in [2.45, 2.75) is 32.3 Å². The minimum atomic E-state index is 0.0565. The summed E-state index contributed by atoms with van der Waals surface area (Å²) >= 11 is 0. The number of amides is 1. The molecule has 82 valence electrons. The van der Waals surface area contributed by atoms with Crippen LogP contribution in [0, 0.1) is 0 Å². The first kappa shape index (κ1) is 11.5. The molecule has 1 aliphatic rings. The second-order valence-corrected chi connectivity index (χ2v) is 3.57. The van der Waals surface area contributed by atoms with Crippen LogP contribution in [-0.2, 0) is 9.53 Å². The Morgan fingerprint density at radius 1 is 1.50 bits per heavy atom. The van der Waals surface area contributed by atoms with Crippen molar-refractivity contribution in [1.29, 1.82) is 0 Å². The third kappa shape index (κ3) is 4.58. The van der Waals surface area contributed by atoms with Crippen LogP contribution in [-0.4, -0.2) is 38.3 Å². The van der Waals surface area contributed by atoms with E-state index >= 15 is 0 Å². The van der Waals surface area contributed by atoms with E-state index in [9.17, 15) is 4.79 Å². The third-order valence-corrected chi connectivity index (χ3v) is 2.34. The summed E-state index contributed by atoms with van der Waals surface area (Å²) in [6.07, 6.45) is 3.67. The van der Waals surface area contributed by atoms with Gasteiger partial charge in [-0.15, -0.1) is 0 Å². The normalized spacial score (nSPS) is 21.9. The highest BCUT2D eigenvalue weighted by molar-refractivity contribution is 5.77. The molecule has 1 rings (SSSR count). The monoisotopic (exact) mass is 200 g/mol. The molecule has 14 heavy (non-hydrogen) atoms. The molecular formula is C10H20N2O2. The molecule has 0 bridgehead atoms. The molecule has 1 aliphatic heterocycles. The van der Waals surface area contributed by atoms with Gasteiger partial charge in [0.25, 0.3) is 0 Å². The van der Waals surface area contributed by atoms with Crippen LogP contribution in [0.2, 0.25) is 0 Å². The summed E-state index contributed by atoms with van der Waals surface area (Å²) in [5.41, 5.74) is 0. The summed E-state index contributed by atoms with van der Waals surface area (Å²) in [4.78, 5) is 11.2. The van der Waals surface area contributed by atoms with E-state index in [0.29, 0.717) is 13.1 Å². The van der Waals surface area contributed by atoms with E-state index in [1.54, 1.807) is 0 Å². The highest BCUT2D eigenvalue weighted by atomic mass is 16.5. The lowest BCUT2D eigenvalue weighted by Gasteiger charge is -2.22. The van der Waals surface area contributed by atoms with Gasteiger partial charge in [0.15, 0.2) is 0 Å². The molecule has 0 spiro atoms. The summed E-state index contributed by atoms with van der Waals surface area (Å²) < 4.78 is 5.50. The molecule has 0 aliphatic carbocycles. The maximum atomic E-state index is 11.2. The largest absolute Gasteiger partial charge is 0.376 e. The minimum absolute atomic E-state index is 0.0565. The first-order valence-electron chi connectivity index (χ1n) is 5.42. The Bertz CT molecular complexity index is 168. The zero-order valence-corrected chi connectivity index (χ0v) is 8.84. The Balaban J connectivity index is 2.03. The lowest BCUT2D eigenvalue weighted by molar-refractivity contribution is -0.121. The van der Waals surface area contributed by atoms with E-state index in [-0.39, 0.29) is 12.0 Å². The van der Waals surface area contributed by atoms with Crippen LogP contribution in [0.3, 0.4) is 0 Å². The molecule has 0 aromatic rings. The van der Waals surface area contributed by atoms with Gasteiger partial charge in [-0.1, -0.05) is 6.92 Å². The van der Waals surface area contributed by atoms with Crippen LogP contribution in [0.4, 0.5) is 0 Å². The Hall–Kier alpha value is -0.610. The van der Waals surface area contributed by atoms with Gasteiger partial charge in [0.1, 0.15) is 0 Å². The Morgan fingerprint density at radius 3 is 3.00 bits per heavy atom. The van der Waals surface area contributed by atoms with E-state index in [2.05, 4.69) is 10.6 Å². The van der Waals surface area contributed by atoms with Gasteiger partial charge in [0, 0.05) is 13.2 Å². The molecule has 1 fully saturated rings. The van der Waals surface area contributed by atoms with Crippen LogP contribution < -0.4 is 10.6 Å². The van der Waals surface area contributed by atoms with Gasteiger partial charge in [0.05, 0.1) is 12.6 Å². The van der Waals surface area contributed by atoms with Crippen molar-refractivity contribution < 1.29 is 9.53 Å². The fraction of sp³-hybridized carbons (Fsp3) is 0.900. The van der Waals surface area contributed by atoms with E-state index in [1.807, 2.05) is 6.92 Å². The van der Waals surface area contributed by atoms with Crippen LogP contribution in [0.5, 0.6) is 0 Å². The number of hydrogen-bond acceptors (Lipinski definition) is 3. The second kappa shape index (κ2) is 6.79. The minimum Gasteiger partial charge on any atom is -0.376 e. The zero-order valence-electron chi connectivity index (χ0n) is 8.84.